The topological polar surface area (TPSA) is 71.5 Å². The van der Waals surface area contributed by atoms with Crippen molar-refractivity contribution in [3.63, 3.8) is 0 Å². The molecule has 6 nitrogen and oxygen atoms in total. The highest BCUT2D eigenvalue weighted by atomic mass is 16.5. The number of carbonyl (C=O) groups excluding carboxylic acids is 2. The molecule has 1 aromatic heterocycles. The van der Waals surface area contributed by atoms with Crippen molar-refractivity contribution in [1.29, 1.82) is 0 Å². The number of nitrogens with zero attached hydrogens (tertiary/aromatic N) is 2. The predicted octanol–water partition coefficient (Wildman–Crippen LogP) is 3.91. The summed E-state index contributed by atoms with van der Waals surface area (Å²) in [5.74, 6) is 1.32. The fourth-order valence-electron chi connectivity index (χ4n) is 3.47. The summed E-state index contributed by atoms with van der Waals surface area (Å²) in [6.07, 6.45) is 4.65. The van der Waals surface area contributed by atoms with Gasteiger partial charge in [-0.15, -0.1) is 0 Å². The standard InChI is InChI=1S/C24H23N3O3/c28-23(19-5-4-14-25-17-19)26-20-12-15-27(16-13-20)24(29)18-8-10-22(11-9-18)30-21-6-2-1-3-7-21/h1-11,14,17,20H,12-13,15-16H2,(H,26,28). The van der Waals surface area contributed by atoms with Gasteiger partial charge in [0.1, 0.15) is 11.5 Å². The number of hydrogen-bond donors (Lipinski definition) is 1. The number of benzene rings is 2. The molecular weight excluding hydrogens is 378 g/mol. The first-order valence-corrected chi connectivity index (χ1v) is 10.0. The molecule has 0 radical (unpaired) electrons. The van der Waals surface area contributed by atoms with Crippen LogP contribution in [-0.2, 0) is 0 Å². The Morgan fingerprint density at radius 1 is 0.867 bits per heavy atom. The monoisotopic (exact) mass is 401 g/mol. The number of hydrogen-bond acceptors (Lipinski definition) is 4. The van der Waals surface area contributed by atoms with E-state index in [4.69, 9.17) is 4.74 Å². The second-order valence-electron chi connectivity index (χ2n) is 7.22. The van der Waals surface area contributed by atoms with Gasteiger partial charge in [-0.25, -0.2) is 0 Å². The lowest BCUT2D eigenvalue weighted by Gasteiger charge is -2.32. The van der Waals surface area contributed by atoms with E-state index in [1.165, 1.54) is 0 Å². The number of aromatic nitrogens is 1. The van der Waals surface area contributed by atoms with Gasteiger partial charge in [0.2, 0.25) is 0 Å². The molecule has 0 aliphatic carbocycles. The minimum Gasteiger partial charge on any atom is -0.457 e. The van der Waals surface area contributed by atoms with Crippen molar-refractivity contribution in [1.82, 2.24) is 15.2 Å². The maximum Gasteiger partial charge on any atom is 0.253 e. The minimum atomic E-state index is -0.123. The number of carbonyl (C=O) groups is 2. The Hall–Kier alpha value is -3.67. The second kappa shape index (κ2) is 9.22. The molecule has 2 amide bonds. The van der Waals surface area contributed by atoms with E-state index >= 15 is 0 Å². The first-order valence-electron chi connectivity index (χ1n) is 10.0. The van der Waals surface area contributed by atoms with Gasteiger partial charge in [-0.3, -0.25) is 14.6 Å². The summed E-state index contributed by atoms with van der Waals surface area (Å²) in [6, 6.07) is 20.3. The van der Waals surface area contributed by atoms with Crippen molar-refractivity contribution < 1.29 is 14.3 Å². The van der Waals surface area contributed by atoms with Crippen LogP contribution < -0.4 is 10.1 Å². The Bertz CT molecular complexity index is 983. The summed E-state index contributed by atoms with van der Waals surface area (Å²) >= 11 is 0. The van der Waals surface area contributed by atoms with Crippen molar-refractivity contribution in [2.45, 2.75) is 18.9 Å². The van der Waals surface area contributed by atoms with Crippen LogP contribution in [0.15, 0.2) is 79.1 Å². The van der Waals surface area contributed by atoms with Crippen LogP contribution in [0, 0.1) is 0 Å². The number of likely N-dealkylation sites (tertiary alicyclic amines) is 1. The maximum atomic E-state index is 12.8. The Morgan fingerprint density at radius 3 is 2.23 bits per heavy atom. The van der Waals surface area contributed by atoms with Gasteiger partial charge in [0, 0.05) is 37.1 Å². The molecule has 30 heavy (non-hydrogen) atoms. The zero-order valence-electron chi connectivity index (χ0n) is 16.5. The molecule has 0 saturated carbocycles. The first kappa shape index (κ1) is 19.6. The molecule has 4 rings (SSSR count). The lowest BCUT2D eigenvalue weighted by atomic mass is 10.0. The lowest BCUT2D eigenvalue weighted by molar-refractivity contribution is 0.0698. The zero-order chi connectivity index (χ0) is 20.8. The fourth-order valence-corrected chi connectivity index (χ4v) is 3.47. The lowest BCUT2D eigenvalue weighted by Crippen LogP contribution is -2.46. The predicted molar refractivity (Wildman–Crippen MR) is 114 cm³/mol. The fraction of sp³-hybridized carbons (Fsp3) is 0.208. The number of nitrogens with one attached hydrogen (secondary N) is 1. The summed E-state index contributed by atoms with van der Waals surface area (Å²) in [5, 5.41) is 3.03. The summed E-state index contributed by atoms with van der Waals surface area (Å²) < 4.78 is 5.78. The van der Waals surface area contributed by atoms with Crippen LogP contribution in [0.3, 0.4) is 0 Å². The van der Waals surface area contributed by atoms with Crippen molar-refractivity contribution >= 4 is 11.8 Å². The first-order chi connectivity index (χ1) is 14.7. The molecule has 0 unspecified atom stereocenters. The van der Waals surface area contributed by atoms with Crippen LogP contribution in [0.5, 0.6) is 11.5 Å². The number of rotatable bonds is 5. The third kappa shape index (κ3) is 4.84. The van der Waals surface area contributed by atoms with Crippen LogP contribution in [-0.4, -0.2) is 40.8 Å². The number of ether oxygens (including phenoxy) is 1. The molecule has 0 spiro atoms. The van der Waals surface area contributed by atoms with Crippen molar-refractivity contribution in [2.24, 2.45) is 0 Å². The second-order valence-corrected chi connectivity index (χ2v) is 7.22. The molecule has 1 N–H and O–H groups in total. The third-order valence-corrected chi connectivity index (χ3v) is 5.12. The average molecular weight is 401 g/mol. The SMILES string of the molecule is O=C(NC1CCN(C(=O)c2ccc(Oc3ccccc3)cc2)CC1)c1cccnc1. The molecule has 0 atom stereocenters. The third-order valence-electron chi connectivity index (χ3n) is 5.12. The Kier molecular flexibility index (Phi) is 6.03. The highest BCUT2D eigenvalue weighted by Gasteiger charge is 2.25. The van der Waals surface area contributed by atoms with E-state index in [0.29, 0.717) is 30.0 Å². The van der Waals surface area contributed by atoms with E-state index in [0.717, 1.165) is 18.6 Å². The Morgan fingerprint density at radius 2 is 1.57 bits per heavy atom. The number of para-hydroxylation sites is 1. The largest absolute Gasteiger partial charge is 0.457 e. The molecule has 3 aromatic rings. The molecule has 1 fully saturated rings. The van der Waals surface area contributed by atoms with E-state index in [1.54, 1.807) is 48.8 Å². The Labute approximate surface area is 175 Å². The maximum absolute atomic E-state index is 12.8. The van der Waals surface area contributed by atoms with Crippen LogP contribution in [0.25, 0.3) is 0 Å². The van der Waals surface area contributed by atoms with Gasteiger partial charge in [-0.05, 0) is 61.4 Å². The summed E-state index contributed by atoms with van der Waals surface area (Å²) in [5.41, 5.74) is 1.18. The van der Waals surface area contributed by atoms with Gasteiger partial charge in [-0.2, -0.15) is 0 Å². The molecule has 1 aliphatic rings. The normalized spacial score (nSPS) is 14.2. The van der Waals surface area contributed by atoms with Crippen LogP contribution in [0.1, 0.15) is 33.6 Å². The van der Waals surface area contributed by atoms with E-state index in [9.17, 15) is 9.59 Å². The van der Waals surface area contributed by atoms with Gasteiger partial charge in [0.25, 0.3) is 11.8 Å². The van der Waals surface area contributed by atoms with E-state index in [1.807, 2.05) is 35.2 Å². The zero-order valence-corrected chi connectivity index (χ0v) is 16.5. The smallest absolute Gasteiger partial charge is 0.253 e. The van der Waals surface area contributed by atoms with Crippen molar-refractivity contribution in [2.75, 3.05) is 13.1 Å². The molecule has 2 heterocycles. The van der Waals surface area contributed by atoms with E-state index < -0.39 is 0 Å². The van der Waals surface area contributed by atoms with E-state index in [-0.39, 0.29) is 17.9 Å². The van der Waals surface area contributed by atoms with Crippen LogP contribution >= 0.6 is 0 Å². The van der Waals surface area contributed by atoms with Crippen molar-refractivity contribution in [3.8, 4) is 11.5 Å². The van der Waals surface area contributed by atoms with Crippen molar-refractivity contribution in [3.05, 3.63) is 90.3 Å². The molecular formula is C24H23N3O3. The Balaban J connectivity index is 1.29. The number of amides is 2. The molecule has 1 saturated heterocycles. The summed E-state index contributed by atoms with van der Waals surface area (Å²) in [6.45, 7) is 1.22. The number of piperidine rings is 1. The molecule has 0 bridgehead atoms. The average Bonchev–Trinajstić information content (AvgIpc) is 2.81. The highest BCUT2D eigenvalue weighted by molar-refractivity contribution is 5.95. The summed E-state index contributed by atoms with van der Waals surface area (Å²) in [4.78, 5) is 30.9. The van der Waals surface area contributed by atoms with E-state index in [2.05, 4.69) is 10.3 Å². The van der Waals surface area contributed by atoms with Gasteiger partial charge in [0.05, 0.1) is 5.56 Å². The van der Waals surface area contributed by atoms with Gasteiger partial charge in [0.15, 0.2) is 0 Å². The minimum absolute atomic E-state index is 0.00158. The molecule has 1 aliphatic heterocycles. The quantitative estimate of drug-likeness (QED) is 0.704. The van der Waals surface area contributed by atoms with Gasteiger partial charge < -0.3 is 15.0 Å². The molecule has 2 aromatic carbocycles. The van der Waals surface area contributed by atoms with Crippen LogP contribution in [0.2, 0.25) is 0 Å². The molecule has 152 valence electrons. The van der Waals surface area contributed by atoms with Gasteiger partial charge >= 0.3 is 0 Å². The van der Waals surface area contributed by atoms with Crippen LogP contribution in [0.4, 0.5) is 0 Å². The molecule has 6 heteroatoms. The summed E-state index contributed by atoms with van der Waals surface area (Å²) in [7, 11) is 0. The van der Waals surface area contributed by atoms with Gasteiger partial charge in [-0.1, -0.05) is 18.2 Å². The highest BCUT2D eigenvalue weighted by Crippen LogP contribution is 2.22. The number of pyridine rings is 1.